The zero-order valence-electron chi connectivity index (χ0n) is 18.6. The van der Waals surface area contributed by atoms with Crippen molar-refractivity contribution in [2.45, 2.75) is 31.2 Å². The average Bonchev–Trinajstić information content (AvgIpc) is 3.34. The van der Waals surface area contributed by atoms with Crippen LogP contribution in [0.15, 0.2) is 41.3 Å². The summed E-state index contributed by atoms with van der Waals surface area (Å²) in [7, 11) is -2.23. The molecule has 0 amide bonds. The first-order chi connectivity index (χ1) is 15.7. The van der Waals surface area contributed by atoms with E-state index in [0.29, 0.717) is 41.5 Å². The number of hydrogen-bond acceptors (Lipinski definition) is 7. The van der Waals surface area contributed by atoms with Gasteiger partial charge in [0.1, 0.15) is 5.75 Å². The molecule has 2 aromatic heterocycles. The van der Waals surface area contributed by atoms with Crippen LogP contribution in [0, 0.1) is 5.92 Å². The number of fused-ring (bicyclic) bond motifs is 1. The molecular formula is C22H26N4O6S. The molecule has 4 rings (SSSR count). The summed E-state index contributed by atoms with van der Waals surface area (Å²) in [5.41, 5.74) is 0.857. The van der Waals surface area contributed by atoms with E-state index in [1.165, 1.54) is 11.4 Å². The first kappa shape index (κ1) is 23.0. The molecule has 1 aliphatic heterocycles. The Balaban J connectivity index is 1.67. The molecule has 11 heteroatoms. The normalized spacial score (nSPS) is 19.1. The molecule has 2 atom stereocenters. The maximum absolute atomic E-state index is 13.3. The quantitative estimate of drug-likeness (QED) is 0.528. The summed E-state index contributed by atoms with van der Waals surface area (Å²) < 4.78 is 40.3. The van der Waals surface area contributed by atoms with E-state index < -0.39 is 16.0 Å². The van der Waals surface area contributed by atoms with Crippen LogP contribution in [-0.4, -0.2) is 65.4 Å². The van der Waals surface area contributed by atoms with E-state index in [9.17, 15) is 18.3 Å². The number of carbonyl (C=O) groups is 1. The molecule has 1 aromatic carbocycles. The van der Waals surface area contributed by atoms with Crippen molar-refractivity contribution >= 4 is 27.0 Å². The average molecular weight is 475 g/mol. The fourth-order valence-corrected chi connectivity index (χ4v) is 5.68. The van der Waals surface area contributed by atoms with Crippen molar-refractivity contribution in [2.24, 2.45) is 5.92 Å². The summed E-state index contributed by atoms with van der Waals surface area (Å²) in [4.78, 5) is 16.0. The second-order valence-electron chi connectivity index (χ2n) is 7.96. The highest BCUT2D eigenvalue weighted by molar-refractivity contribution is 7.89. The van der Waals surface area contributed by atoms with Crippen molar-refractivity contribution in [1.82, 2.24) is 19.1 Å². The third-order valence-corrected chi connectivity index (χ3v) is 7.61. The Bertz CT molecular complexity index is 1270. The Kier molecular flexibility index (Phi) is 6.26. The second-order valence-corrected chi connectivity index (χ2v) is 9.90. The number of carboxylic acid groups (broad SMARTS) is 1. The molecule has 0 bridgehead atoms. The zero-order valence-corrected chi connectivity index (χ0v) is 19.4. The van der Waals surface area contributed by atoms with Gasteiger partial charge in [0.05, 0.1) is 36.8 Å². The van der Waals surface area contributed by atoms with Crippen LogP contribution in [0.1, 0.15) is 25.6 Å². The molecule has 1 fully saturated rings. The summed E-state index contributed by atoms with van der Waals surface area (Å²) in [5, 5.41) is 14.4. The molecule has 33 heavy (non-hydrogen) atoms. The van der Waals surface area contributed by atoms with E-state index in [2.05, 4.69) is 10.1 Å². The van der Waals surface area contributed by atoms with Gasteiger partial charge < -0.3 is 14.6 Å². The maximum Gasteiger partial charge on any atom is 0.309 e. The minimum Gasteiger partial charge on any atom is -0.494 e. The van der Waals surface area contributed by atoms with Gasteiger partial charge in [-0.25, -0.2) is 13.1 Å². The molecule has 0 saturated carbocycles. The molecule has 0 aliphatic carbocycles. The Hall–Kier alpha value is -3.18. The van der Waals surface area contributed by atoms with Gasteiger partial charge in [0.25, 0.3) is 0 Å². The summed E-state index contributed by atoms with van der Waals surface area (Å²) in [6.07, 6.45) is -0.257. The van der Waals surface area contributed by atoms with Gasteiger partial charge in [-0.2, -0.15) is 14.4 Å². The lowest BCUT2D eigenvalue weighted by Crippen LogP contribution is -2.29. The van der Waals surface area contributed by atoms with Crippen LogP contribution in [0.3, 0.4) is 0 Å². The zero-order chi connectivity index (χ0) is 23.8. The summed E-state index contributed by atoms with van der Waals surface area (Å²) in [6, 6.07) is 9.44. The fraction of sp³-hybridized carbons (Fsp3) is 0.409. The fourth-order valence-electron chi connectivity index (χ4n) is 4.13. The number of aromatic nitrogens is 3. The van der Waals surface area contributed by atoms with Gasteiger partial charge in [-0.1, -0.05) is 6.92 Å². The van der Waals surface area contributed by atoms with Crippen molar-refractivity contribution in [3.05, 3.63) is 42.1 Å². The van der Waals surface area contributed by atoms with Crippen molar-refractivity contribution in [3.63, 3.8) is 0 Å². The van der Waals surface area contributed by atoms with Crippen molar-refractivity contribution < 1.29 is 27.8 Å². The lowest BCUT2D eigenvalue weighted by atomic mass is 10.1. The number of aliphatic carboxylic acids is 1. The molecule has 0 radical (unpaired) electrons. The summed E-state index contributed by atoms with van der Waals surface area (Å²) >= 11 is 0. The number of hydrogen-bond donors (Lipinski definition) is 1. The van der Waals surface area contributed by atoms with Gasteiger partial charge in [-0.15, -0.1) is 0 Å². The Labute approximate surface area is 191 Å². The lowest BCUT2D eigenvalue weighted by Gasteiger charge is -2.17. The van der Waals surface area contributed by atoms with Gasteiger partial charge in [-0.05, 0) is 43.2 Å². The molecule has 3 heterocycles. The Morgan fingerprint density at radius 1 is 1.18 bits per heavy atom. The Morgan fingerprint density at radius 2 is 1.91 bits per heavy atom. The number of methoxy groups -OCH3 is 1. The molecule has 1 aliphatic rings. The molecule has 0 spiro atoms. The van der Waals surface area contributed by atoms with Gasteiger partial charge >= 0.3 is 5.97 Å². The minimum absolute atomic E-state index is 0.0729. The van der Waals surface area contributed by atoms with Crippen molar-refractivity contribution in [1.29, 1.82) is 0 Å². The predicted molar refractivity (Wildman–Crippen MR) is 120 cm³/mol. The molecule has 1 N–H and O–H groups in total. The minimum atomic E-state index is -3.73. The molecule has 176 valence electrons. The van der Waals surface area contributed by atoms with E-state index in [1.54, 1.807) is 41.1 Å². The smallest absolute Gasteiger partial charge is 0.309 e. The third-order valence-electron chi connectivity index (χ3n) is 5.76. The van der Waals surface area contributed by atoms with E-state index in [4.69, 9.17) is 9.47 Å². The largest absolute Gasteiger partial charge is 0.494 e. The molecule has 0 unspecified atom stereocenters. The van der Waals surface area contributed by atoms with Gasteiger partial charge in [0, 0.05) is 24.5 Å². The van der Waals surface area contributed by atoms with Crippen LogP contribution in [0.25, 0.3) is 11.0 Å². The van der Waals surface area contributed by atoms with E-state index >= 15 is 0 Å². The van der Waals surface area contributed by atoms with Crippen LogP contribution in [0.2, 0.25) is 0 Å². The molecule has 10 nitrogen and oxygen atoms in total. The second kappa shape index (κ2) is 8.99. The number of ether oxygens (including phenoxy) is 2. The standard InChI is InChI=1S/C22H26N4O6S/c1-4-32-15-5-7-16(8-6-15)33(29,30)25-12-14(2)19(13-25)26-22-17(9-10-20(23-22)31-3)18(24-26)11-21(27)28/h5-10,14,19H,4,11-13H2,1-3H3,(H,27,28)/t14-,19-/m0/s1. The van der Waals surface area contributed by atoms with Crippen LogP contribution < -0.4 is 9.47 Å². The van der Waals surface area contributed by atoms with Crippen LogP contribution in [-0.2, 0) is 21.2 Å². The maximum atomic E-state index is 13.3. The highest BCUT2D eigenvalue weighted by Gasteiger charge is 2.39. The van der Waals surface area contributed by atoms with E-state index in [0.717, 1.165) is 0 Å². The molecule has 3 aromatic rings. The molecular weight excluding hydrogens is 448 g/mol. The van der Waals surface area contributed by atoms with Gasteiger partial charge in [-0.3, -0.25) is 4.79 Å². The summed E-state index contributed by atoms with van der Waals surface area (Å²) in [6.45, 7) is 4.81. The van der Waals surface area contributed by atoms with Crippen molar-refractivity contribution in [2.75, 3.05) is 26.8 Å². The number of sulfonamides is 1. The Morgan fingerprint density at radius 3 is 2.55 bits per heavy atom. The van der Waals surface area contributed by atoms with E-state index in [1.807, 2.05) is 13.8 Å². The number of carboxylic acids is 1. The number of nitrogens with zero attached hydrogens (tertiary/aromatic N) is 4. The first-order valence-corrected chi connectivity index (χ1v) is 12.1. The summed E-state index contributed by atoms with van der Waals surface area (Å²) in [5.74, 6) is -0.0963. The van der Waals surface area contributed by atoms with Gasteiger partial charge in [0.2, 0.25) is 15.9 Å². The van der Waals surface area contributed by atoms with Crippen LogP contribution >= 0.6 is 0 Å². The number of rotatable bonds is 8. The number of benzene rings is 1. The topological polar surface area (TPSA) is 124 Å². The SMILES string of the molecule is CCOc1ccc(S(=O)(=O)N2C[C@H](C)[C@@H](n3nc(CC(=O)O)c4ccc(OC)nc43)C2)cc1. The van der Waals surface area contributed by atoms with Crippen molar-refractivity contribution in [3.8, 4) is 11.6 Å². The van der Waals surface area contributed by atoms with E-state index in [-0.39, 0.29) is 29.8 Å². The highest BCUT2D eigenvalue weighted by atomic mass is 32.2. The molecule has 1 saturated heterocycles. The van der Waals surface area contributed by atoms with Crippen LogP contribution in [0.4, 0.5) is 0 Å². The van der Waals surface area contributed by atoms with Gasteiger partial charge in [0.15, 0.2) is 5.65 Å². The monoisotopic (exact) mass is 474 g/mol. The number of pyridine rings is 1. The highest BCUT2D eigenvalue weighted by Crippen LogP contribution is 2.35. The predicted octanol–water partition coefficient (Wildman–Crippen LogP) is 2.35. The lowest BCUT2D eigenvalue weighted by molar-refractivity contribution is -0.136. The first-order valence-electron chi connectivity index (χ1n) is 10.6. The van der Waals surface area contributed by atoms with Crippen LogP contribution in [0.5, 0.6) is 11.6 Å². The third kappa shape index (κ3) is 4.38.